The van der Waals surface area contributed by atoms with Crippen LogP contribution in [0.4, 0.5) is 17.6 Å². The summed E-state index contributed by atoms with van der Waals surface area (Å²) in [4.78, 5) is 37.1. The highest BCUT2D eigenvalue weighted by Crippen LogP contribution is 2.42. The predicted octanol–water partition coefficient (Wildman–Crippen LogP) is 2.79. The van der Waals surface area contributed by atoms with Crippen LogP contribution < -0.4 is 11.2 Å². The van der Waals surface area contributed by atoms with E-state index in [0.717, 1.165) is 25.7 Å². The van der Waals surface area contributed by atoms with Gasteiger partial charge in [-0.3, -0.25) is 14.3 Å². The van der Waals surface area contributed by atoms with Crippen molar-refractivity contribution >= 4 is 22.8 Å². The molecule has 0 atom stereocenters. The number of nitrogens with zero attached hydrogens (tertiary/aromatic N) is 4. The van der Waals surface area contributed by atoms with Crippen LogP contribution in [0.3, 0.4) is 0 Å². The lowest BCUT2D eigenvalue weighted by Gasteiger charge is -2.12. The van der Waals surface area contributed by atoms with Crippen molar-refractivity contribution in [2.24, 2.45) is 0 Å². The number of aromatic amines is 1. The second-order valence-corrected chi connectivity index (χ2v) is 7.97. The number of H-pyrrole nitrogens is 1. The fraction of sp³-hybridized carbons (Fsp3) is 0.353. The lowest BCUT2D eigenvalue weighted by Crippen LogP contribution is -2.31. The molecule has 2 aliphatic carbocycles. The van der Waals surface area contributed by atoms with Crippen LogP contribution in [0.15, 0.2) is 19.5 Å². The van der Waals surface area contributed by atoms with Gasteiger partial charge in [0, 0.05) is 12.0 Å². The highest BCUT2D eigenvalue weighted by molar-refractivity contribution is 7.99. The minimum absolute atomic E-state index is 0.0126. The third kappa shape index (κ3) is 3.02. The molecule has 3 aromatic heterocycles. The number of nitrogens with one attached hydrogen (secondary N) is 1. The van der Waals surface area contributed by atoms with Crippen molar-refractivity contribution in [1.82, 2.24) is 24.5 Å². The van der Waals surface area contributed by atoms with E-state index in [-0.39, 0.29) is 39.8 Å². The lowest BCUT2D eigenvalue weighted by molar-refractivity contribution is 0.383. The maximum Gasteiger partial charge on any atom is 0.330 e. The smallest absolute Gasteiger partial charge is 0.274 e. The average molecular weight is 425 g/mol. The number of halogens is 4. The van der Waals surface area contributed by atoms with E-state index in [1.54, 1.807) is 0 Å². The summed E-state index contributed by atoms with van der Waals surface area (Å²) in [6, 6.07) is -0.147. The summed E-state index contributed by atoms with van der Waals surface area (Å²) in [5.41, 5.74) is -1.43. The zero-order valence-corrected chi connectivity index (χ0v) is 15.3. The number of hydrogen-bond acceptors (Lipinski definition) is 6. The lowest BCUT2D eigenvalue weighted by atomic mass is 10.3. The molecule has 0 bridgehead atoms. The van der Waals surface area contributed by atoms with Crippen molar-refractivity contribution in [2.45, 2.75) is 47.6 Å². The topological polar surface area (TPSA) is 93.5 Å². The van der Waals surface area contributed by atoms with Crippen molar-refractivity contribution < 1.29 is 17.6 Å². The first-order valence-electron chi connectivity index (χ1n) is 8.79. The molecule has 0 unspecified atom stereocenters. The van der Waals surface area contributed by atoms with E-state index in [4.69, 9.17) is 0 Å². The van der Waals surface area contributed by atoms with E-state index < -0.39 is 39.7 Å². The summed E-state index contributed by atoms with van der Waals surface area (Å²) in [6.45, 7) is 0. The Morgan fingerprint density at radius 2 is 1.59 bits per heavy atom. The van der Waals surface area contributed by atoms with E-state index in [1.807, 2.05) is 0 Å². The molecule has 0 aliphatic heterocycles. The summed E-state index contributed by atoms with van der Waals surface area (Å²) >= 11 is 0.262. The molecule has 7 nitrogen and oxygen atoms in total. The van der Waals surface area contributed by atoms with Crippen LogP contribution in [0.2, 0.25) is 0 Å². The Balaban J connectivity index is 1.79. The summed E-state index contributed by atoms with van der Waals surface area (Å²) in [5, 5.41) is -0.349. The second-order valence-electron chi connectivity index (χ2n) is 6.97. The number of fused-ring (bicyclic) bond motifs is 1. The van der Waals surface area contributed by atoms with Crippen LogP contribution >= 0.6 is 11.8 Å². The highest BCUT2D eigenvalue weighted by Gasteiger charge is 2.33. The van der Waals surface area contributed by atoms with Gasteiger partial charge < -0.3 is 0 Å². The van der Waals surface area contributed by atoms with Crippen LogP contribution in [-0.2, 0) is 0 Å². The molecular weight excluding hydrogens is 414 g/mol. The maximum absolute atomic E-state index is 14.1. The fourth-order valence-corrected chi connectivity index (χ4v) is 4.02. The Kier molecular flexibility index (Phi) is 4.02. The molecule has 0 spiro atoms. The molecule has 29 heavy (non-hydrogen) atoms. The molecule has 0 radical (unpaired) electrons. The fourth-order valence-electron chi connectivity index (χ4n) is 3.06. The van der Waals surface area contributed by atoms with Gasteiger partial charge in [-0.1, -0.05) is 11.8 Å². The van der Waals surface area contributed by atoms with Gasteiger partial charge in [-0.05, 0) is 25.7 Å². The van der Waals surface area contributed by atoms with Gasteiger partial charge in [0.25, 0.3) is 17.5 Å². The Hall–Kier alpha value is -2.76. The van der Waals surface area contributed by atoms with Crippen LogP contribution in [0.5, 0.6) is 0 Å². The quantitative estimate of drug-likeness (QED) is 0.393. The van der Waals surface area contributed by atoms with E-state index in [0.29, 0.717) is 5.82 Å². The van der Waals surface area contributed by atoms with Gasteiger partial charge >= 0.3 is 5.69 Å². The Labute approximate surface area is 163 Å². The first-order chi connectivity index (χ1) is 13.8. The molecule has 2 saturated carbocycles. The van der Waals surface area contributed by atoms with Crippen LogP contribution in [0.1, 0.15) is 43.5 Å². The van der Waals surface area contributed by atoms with E-state index in [9.17, 15) is 27.2 Å². The molecule has 150 valence electrons. The normalized spacial score (nSPS) is 16.6. The first kappa shape index (κ1) is 18.3. The molecule has 0 aromatic carbocycles. The van der Waals surface area contributed by atoms with Crippen molar-refractivity contribution in [3.63, 3.8) is 0 Å². The average Bonchev–Trinajstić information content (AvgIpc) is 3.55. The zero-order valence-electron chi connectivity index (χ0n) is 14.5. The summed E-state index contributed by atoms with van der Waals surface area (Å²) in [7, 11) is 0. The largest absolute Gasteiger partial charge is 0.330 e. The highest BCUT2D eigenvalue weighted by atomic mass is 32.2. The van der Waals surface area contributed by atoms with E-state index in [1.165, 1.54) is 4.57 Å². The molecule has 5 rings (SSSR count). The van der Waals surface area contributed by atoms with Crippen molar-refractivity contribution in [3.8, 4) is 0 Å². The van der Waals surface area contributed by atoms with E-state index >= 15 is 0 Å². The molecule has 12 heteroatoms. The molecule has 1 N–H and O–H groups in total. The standard InChI is InChI=1S/C17H11F4N5O2S/c18-8-10(9(19)12(21)22-11(8)20)29-16-7-14(23-13(24-16)5-1-2-5)26(6-3-4-6)17(28)25-15(7)27/h5-6H,1-4H2,(H,25,27,28). The molecule has 0 amide bonds. The second kappa shape index (κ2) is 6.37. The predicted molar refractivity (Wildman–Crippen MR) is 92.9 cm³/mol. The Morgan fingerprint density at radius 3 is 2.17 bits per heavy atom. The monoisotopic (exact) mass is 425 g/mol. The van der Waals surface area contributed by atoms with Crippen molar-refractivity contribution in [3.05, 3.63) is 50.2 Å². The van der Waals surface area contributed by atoms with E-state index in [2.05, 4.69) is 19.9 Å². The first-order valence-corrected chi connectivity index (χ1v) is 9.61. The third-order valence-electron chi connectivity index (χ3n) is 4.78. The van der Waals surface area contributed by atoms with Gasteiger partial charge in [-0.15, -0.1) is 0 Å². The molecule has 2 fully saturated rings. The van der Waals surface area contributed by atoms with Crippen molar-refractivity contribution in [1.29, 1.82) is 0 Å². The summed E-state index contributed by atoms with van der Waals surface area (Å²) in [6.07, 6.45) is 3.01. The van der Waals surface area contributed by atoms with Gasteiger partial charge in [0.15, 0.2) is 17.3 Å². The van der Waals surface area contributed by atoms with Crippen LogP contribution in [-0.4, -0.2) is 24.5 Å². The number of pyridine rings is 1. The number of aromatic nitrogens is 5. The number of rotatable bonds is 4. The minimum Gasteiger partial charge on any atom is -0.274 e. The molecule has 3 aromatic rings. The van der Waals surface area contributed by atoms with Gasteiger partial charge in [0.2, 0.25) is 0 Å². The zero-order chi connectivity index (χ0) is 20.4. The SMILES string of the molecule is O=c1[nH]c(=O)n(C2CC2)c2nc(C3CC3)nc(Sc3c(F)c(F)nc(F)c3F)c12. The molecule has 3 heterocycles. The maximum atomic E-state index is 14.1. The molecule has 0 saturated heterocycles. The van der Waals surface area contributed by atoms with Crippen LogP contribution in [0, 0.1) is 23.5 Å². The van der Waals surface area contributed by atoms with Gasteiger partial charge in [0.1, 0.15) is 16.2 Å². The molecular formula is C17H11F4N5O2S. The Morgan fingerprint density at radius 1 is 0.931 bits per heavy atom. The number of hydrogen-bond donors (Lipinski definition) is 1. The molecule has 2 aliphatic rings. The summed E-state index contributed by atoms with van der Waals surface area (Å²) < 4.78 is 56.6. The Bertz CT molecular complexity index is 1270. The van der Waals surface area contributed by atoms with Gasteiger partial charge in [-0.25, -0.2) is 23.5 Å². The minimum atomic E-state index is -1.81. The van der Waals surface area contributed by atoms with Gasteiger partial charge in [-0.2, -0.15) is 13.8 Å². The third-order valence-corrected chi connectivity index (χ3v) is 5.83. The summed E-state index contributed by atoms with van der Waals surface area (Å²) in [5.74, 6) is -6.70. The van der Waals surface area contributed by atoms with Gasteiger partial charge in [0.05, 0.1) is 4.90 Å². The van der Waals surface area contributed by atoms with Crippen molar-refractivity contribution in [2.75, 3.05) is 0 Å². The van der Waals surface area contributed by atoms with Crippen LogP contribution in [0.25, 0.3) is 11.0 Å².